The number of benzene rings is 2. The maximum Gasteiger partial charge on any atom is 0.244 e. The van der Waals surface area contributed by atoms with Gasteiger partial charge in [0.1, 0.15) is 12.4 Å². The lowest BCUT2D eigenvalue weighted by molar-refractivity contribution is -0.132. The minimum Gasteiger partial charge on any atom is -0.353 e. The molecule has 6 nitrogen and oxygen atoms in total. The van der Waals surface area contributed by atoms with E-state index < -0.39 is 0 Å². The van der Waals surface area contributed by atoms with Gasteiger partial charge in [0, 0.05) is 37.9 Å². The smallest absolute Gasteiger partial charge is 0.244 e. The molecule has 0 aliphatic carbocycles. The molecule has 2 aromatic carbocycles. The molecule has 1 amide bonds. The highest BCUT2D eigenvalue weighted by Crippen LogP contribution is 2.27. The number of amides is 1. The fraction of sp³-hybridized carbons (Fsp3) is 0.222. The van der Waals surface area contributed by atoms with E-state index in [9.17, 15) is 4.79 Å². The van der Waals surface area contributed by atoms with Crippen molar-refractivity contribution in [3.63, 3.8) is 0 Å². The van der Waals surface area contributed by atoms with Gasteiger partial charge in [-0.25, -0.2) is 4.98 Å². The lowest BCUT2D eigenvalue weighted by Gasteiger charge is -2.35. The first-order chi connectivity index (χ1) is 16.2. The standard InChI is InChI=1S/C27H27N5O/c1-21-8-7-11-23(18-21)24-19-25(22-9-3-2-4-10-22)32(29-24)20-27(33)31-16-14-30(15-17-31)26-12-5-6-13-28-26/h2-13,18-19H,14-17,20H2,1H3. The molecule has 0 spiro atoms. The van der Waals surface area contributed by atoms with Crippen molar-refractivity contribution in [3.05, 3.63) is 90.6 Å². The predicted molar refractivity (Wildman–Crippen MR) is 131 cm³/mol. The molecule has 4 aromatic rings. The summed E-state index contributed by atoms with van der Waals surface area (Å²) in [6, 6.07) is 26.5. The third kappa shape index (κ3) is 4.65. The average molecular weight is 438 g/mol. The van der Waals surface area contributed by atoms with Crippen molar-refractivity contribution >= 4 is 11.7 Å². The second-order valence-corrected chi connectivity index (χ2v) is 8.36. The molecule has 3 heterocycles. The topological polar surface area (TPSA) is 54.3 Å². The van der Waals surface area contributed by atoms with Crippen molar-refractivity contribution < 1.29 is 4.79 Å². The van der Waals surface area contributed by atoms with Gasteiger partial charge in [-0.3, -0.25) is 9.48 Å². The lowest BCUT2D eigenvalue weighted by Crippen LogP contribution is -2.49. The van der Waals surface area contributed by atoms with E-state index in [4.69, 9.17) is 5.10 Å². The summed E-state index contributed by atoms with van der Waals surface area (Å²) in [5.74, 6) is 1.05. The number of rotatable bonds is 5. The van der Waals surface area contributed by atoms with Gasteiger partial charge in [-0.2, -0.15) is 5.10 Å². The molecule has 1 saturated heterocycles. The van der Waals surface area contributed by atoms with Crippen LogP contribution in [0.3, 0.4) is 0 Å². The third-order valence-corrected chi connectivity index (χ3v) is 6.05. The minimum atomic E-state index is 0.0896. The summed E-state index contributed by atoms with van der Waals surface area (Å²) in [6.45, 7) is 5.22. The highest BCUT2D eigenvalue weighted by atomic mass is 16.2. The summed E-state index contributed by atoms with van der Waals surface area (Å²) in [6.07, 6.45) is 1.81. The maximum atomic E-state index is 13.2. The fourth-order valence-electron chi connectivity index (χ4n) is 4.28. The van der Waals surface area contributed by atoms with Crippen LogP contribution in [0, 0.1) is 6.92 Å². The second-order valence-electron chi connectivity index (χ2n) is 8.36. The molecule has 2 aromatic heterocycles. The van der Waals surface area contributed by atoms with Crippen LogP contribution in [0.25, 0.3) is 22.5 Å². The van der Waals surface area contributed by atoms with Crippen LogP contribution in [0.5, 0.6) is 0 Å². The van der Waals surface area contributed by atoms with E-state index in [1.807, 2.05) is 58.2 Å². The average Bonchev–Trinajstić information content (AvgIpc) is 3.29. The number of carbonyl (C=O) groups excluding carboxylic acids is 1. The molecule has 0 unspecified atom stereocenters. The van der Waals surface area contributed by atoms with E-state index in [-0.39, 0.29) is 12.5 Å². The molecular weight excluding hydrogens is 410 g/mol. The normalized spacial score (nSPS) is 13.8. The molecule has 33 heavy (non-hydrogen) atoms. The van der Waals surface area contributed by atoms with E-state index in [0.717, 1.165) is 41.4 Å². The lowest BCUT2D eigenvalue weighted by atomic mass is 10.1. The zero-order valence-corrected chi connectivity index (χ0v) is 18.8. The summed E-state index contributed by atoms with van der Waals surface area (Å²) in [4.78, 5) is 21.8. The summed E-state index contributed by atoms with van der Waals surface area (Å²) >= 11 is 0. The van der Waals surface area contributed by atoms with Crippen LogP contribution < -0.4 is 4.90 Å². The highest BCUT2D eigenvalue weighted by Gasteiger charge is 2.23. The van der Waals surface area contributed by atoms with E-state index >= 15 is 0 Å². The van der Waals surface area contributed by atoms with Gasteiger partial charge in [0.2, 0.25) is 5.91 Å². The molecule has 166 valence electrons. The summed E-state index contributed by atoms with van der Waals surface area (Å²) in [5, 5.41) is 4.84. The Morgan fingerprint density at radius 3 is 2.33 bits per heavy atom. The number of pyridine rings is 1. The van der Waals surface area contributed by atoms with Crippen molar-refractivity contribution in [1.82, 2.24) is 19.7 Å². The molecule has 0 bridgehead atoms. The maximum absolute atomic E-state index is 13.2. The summed E-state index contributed by atoms with van der Waals surface area (Å²) < 4.78 is 1.85. The van der Waals surface area contributed by atoms with Crippen LogP contribution in [0.1, 0.15) is 5.56 Å². The SMILES string of the molecule is Cc1cccc(-c2cc(-c3ccccc3)n(CC(=O)N3CCN(c4ccccn4)CC3)n2)c1. The van der Waals surface area contributed by atoms with Crippen LogP contribution in [0.15, 0.2) is 85.1 Å². The molecule has 0 radical (unpaired) electrons. The molecule has 1 fully saturated rings. The van der Waals surface area contributed by atoms with Crippen LogP contribution in [0.4, 0.5) is 5.82 Å². The number of nitrogens with zero attached hydrogens (tertiary/aromatic N) is 5. The largest absolute Gasteiger partial charge is 0.353 e. The third-order valence-electron chi connectivity index (χ3n) is 6.05. The van der Waals surface area contributed by atoms with E-state index in [0.29, 0.717) is 13.1 Å². The van der Waals surface area contributed by atoms with Gasteiger partial charge in [0.15, 0.2) is 0 Å². The zero-order chi connectivity index (χ0) is 22.6. The number of hydrogen-bond donors (Lipinski definition) is 0. The Balaban J connectivity index is 1.35. The van der Waals surface area contributed by atoms with Crippen LogP contribution in [0.2, 0.25) is 0 Å². The van der Waals surface area contributed by atoms with Gasteiger partial charge in [-0.1, -0.05) is 60.2 Å². The molecule has 6 heteroatoms. The molecule has 1 aliphatic rings. The molecular formula is C27H27N5O. The first-order valence-corrected chi connectivity index (χ1v) is 11.3. The molecule has 5 rings (SSSR count). The number of hydrogen-bond acceptors (Lipinski definition) is 4. The van der Waals surface area contributed by atoms with Gasteiger partial charge in [0.05, 0.1) is 11.4 Å². The van der Waals surface area contributed by atoms with Crippen molar-refractivity contribution in [2.45, 2.75) is 13.5 Å². The van der Waals surface area contributed by atoms with Gasteiger partial charge in [0.25, 0.3) is 0 Å². The van der Waals surface area contributed by atoms with E-state index in [1.165, 1.54) is 5.56 Å². The number of anilines is 1. The number of aromatic nitrogens is 3. The molecule has 0 atom stereocenters. The number of aryl methyl sites for hydroxylation is 1. The quantitative estimate of drug-likeness (QED) is 0.468. The Kier molecular flexibility index (Phi) is 5.89. The summed E-state index contributed by atoms with van der Waals surface area (Å²) in [7, 11) is 0. The predicted octanol–water partition coefficient (Wildman–Crippen LogP) is 4.27. The van der Waals surface area contributed by atoms with Gasteiger partial charge in [-0.15, -0.1) is 0 Å². The first kappa shape index (κ1) is 20.9. The van der Waals surface area contributed by atoms with Crippen LogP contribution in [-0.2, 0) is 11.3 Å². The van der Waals surface area contributed by atoms with Gasteiger partial charge >= 0.3 is 0 Å². The highest BCUT2D eigenvalue weighted by molar-refractivity contribution is 5.78. The van der Waals surface area contributed by atoms with Crippen molar-refractivity contribution in [2.75, 3.05) is 31.1 Å². The van der Waals surface area contributed by atoms with Crippen LogP contribution >= 0.6 is 0 Å². The van der Waals surface area contributed by atoms with Gasteiger partial charge < -0.3 is 9.80 Å². The zero-order valence-electron chi connectivity index (χ0n) is 18.8. The molecule has 0 N–H and O–H groups in total. The Morgan fingerprint density at radius 2 is 1.61 bits per heavy atom. The second kappa shape index (κ2) is 9.28. The van der Waals surface area contributed by atoms with Crippen molar-refractivity contribution in [1.29, 1.82) is 0 Å². The molecule has 1 aliphatic heterocycles. The Morgan fingerprint density at radius 1 is 0.848 bits per heavy atom. The van der Waals surface area contributed by atoms with E-state index in [2.05, 4.69) is 53.2 Å². The Labute approximate surface area is 194 Å². The fourth-order valence-corrected chi connectivity index (χ4v) is 4.28. The van der Waals surface area contributed by atoms with Crippen molar-refractivity contribution in [2.24, 2.45) is 0 Å². The van der Waals surface area contributed by atoms with Crippen molar-refractivity contribution in [3.8, 4) is 22.5 Å². The minimum absolute atomic E-state index is 0.0896. The monoisotopic (exact) mass is 437 g/mol. The number of carbonyl (C=O) groups is 1. The summed E-state index contributed by atoms with van der Waals surface area (Å²) in [5.41, 5.74) is 5.13. The van der Waals surface area contributed by atoms with Crippen LogP contribution in [-0.4, -0.2) is 51.8 Å². The number of piperazine rings is 1. The molecule has 0 saturated carbocycles. The Bertz CT molecular complexity index is 1230. The Hall–Kier alpha value is -3.93. The van der Waals surface area contributed by atoms with Gasteiger partial charge in [-0.05, 0) is 36.8 Å². The first-order valence-electron chi connectivity index (χ1n) is 11.3. The van der Waals surface area contributed by atoms with E-state index in [1.54, 1.807) is 0 Å².